The van der Waals surface area contributed by atoms with Crippen molar-refractivity contribution in [2.75, 3.05) is 31.2 Å². The lowest BCUT2D eigenvalue weighted by Crippen LogP contribution is -2.48. The van der Waals surface area contributed by atoms with E-state index in [0.29, 0.717) is 6.07 Å². The molecule has 0 bridgehead atoms. The first kappa shape index (κ1) is 30.5. The molecule has 2 heterocycles. The molecule has 0 spiro atoms. The molecule has 0 saturated carbocycles. The van der Waals surface area contributed by atoms with E-state index in [4.69, 9.17) is 14.2 Å². The number of benzene rings is 3. The van der Waals surface area contributed by atoms with Gasteiger partial charge in [-0.1, -0.05) is 12.1 Å². The van der Waals surface area contributed by atoms with Crippen molar-refractivity contribution >= 4 is 21.7 Å². The molecule has 2 aliphatic rings. The molecule has 1 atom stereocenters. The molecule has 230 valence electrons. The standard InChI is InChI=1S/C29H26F5NO7S/c1-40-19-13-22(26(31)23(30)14-19)17-5-6-25-24(11-17)35(43(38,39)21-4-2-3-18(12-21)29(32,33)34)16-20(42-25)15-28(27(36)37)7-9-41-10-8-28/h2-6,11-14,20H,7-10,15-16H2,1H3,(H,36,37)/t20-/m0/s1. The van der Waals surface area contributed by atoms with E-state index in [1.807, 2.05) is 0 Å². The third kappa shape index (κ3) is 5.85. The van der Waals surface area contributed by atoms with Gasteiger partial charge in [-0.05, 0) is 54.8 Å². The van der Waals surface area contributed by atoms with E-state index in [-0.39, 0.29) is 60.8 Å². The average Bonchev–Trinajstić information content (AvgIpc) is 2.98. The summed E-state index contributed by atoms with van der Waals surface area (Å²) in [6, 6.07) is 9.13. The summed E-state index contributed by atoms with van der Waals surface area (Å²) in [6.07, 6.45) is -5.66. The maximum absolute atomic E-state index is 14.9. The van der Waals surface area contributed by atoms with E-state index < -0.39 is 62.3 Å². The largest absolute Gasteiger partial charge is 0.497 e. The molecule has 43 heavy (non-hydrogen) atoms. The summed E-state index contributed by atoms with van der Waals surface area (Å²) < 4.78 is 115. The van der Waals surface area contributed by atoms with E-state index in [1.165, 1.54) is 31.4 Å². The zero-order chi connectivity index (χ0) is 31.2. The van der Waals surface area contributed by atoms with E-state index in [9.17, 15) is 40.3 Å². The van der Waals surface area contributed by atoms with Gasteiger partial charge in [0.15, 0.2) is 11.6 Å². The van der Waals surface area contributed by atoms with Crippen LogP contribution in [0.15, 0.2) is 59.5 Å². The van der Waals surface area contributed by atoms with Gasteiger partial charge in [-0.25, -0.2) is 17.2 Å². The van der Waals surface area contributed by atoms with Gasteiger partial charge >= 0.3 is 12.1 Å². The van der Waals surface area contributed by atoms with Crippen molar-refractivity contribution in [2.24, 2.45) is 5.41 Å². The van der Waals surface area contributed by atoms with Crippen LogP contribution in [-0.4, -0.2) is 52.5 Å². The first-order valence-corrected chi connectivity index (χ1v) is 14.5. The minimum Gasteiger partial charge on any atom is -0.497 e. The summed E-state index contributed by atoms with van der Waals surface area (Å²) in [4.78, 5) is 11.6. The van der Waals surface area contributed by atoms with Crippen molar-refractivity contribution in [3.8, 4) is 22.6 Å². The Kier molecular flexibility index (Phi) is 8.03. The highest BCUT2D eigenvalue weighted by atomic mass is 32.2. The number of halogens is 5. The molecule has 0 aliphatic carbocycles. The molecule has 3 aromatic carbocycles. The van der Waals surface area contributed by atoms with Crippen LogP contribution in [0.3, 0.4) is 0 Å². The normalized spacial score (nSPS) is 18.5. The molecule has 3 aromatic rings. The second-order valence-electron chi connectivity index (χ2n) is 10.4. The van der Waals surface area contributed by atoms with Gasteiger partial charge in [-0.3, -0.25) is 9.10 Å². The summed E-state index contributed by atoms with van der Waals surface area (Å²) >= 11 is 0. The van der Waals surface area contributed by atoms with Crippen LogP contribution in [0.4, 0.5) is 27.6 Å². The van der Waals surface area contributed by atoms with Crippen LogP contribution >= 0.6 is 0 Å². The molecule has 1 saturated heterocycles. The predicted octanol–water partition coefficient (Wildman–Crippen LogP) is 5.89. The van der Waals surface area contributed by atoms with Gasteiger partial charge in [0.2, 0.25) is 0 Å². The number of carbonyl (C=O) groups is 1. The molecule has 0 amide bonds. The number of nitrogens with zero attached hydrogens (tertiary/aromatic N) is 1. The van der Waals surface area contributed by atoms with Crippen LogP contribution in [0.1, 0.15) is 24.8 Å². The van der Waals surface area contributed by atoms with E-state index in [1.54, 1.807) is 0 Å². The van der Waals surface area contributed by atoms with Gasteiger partial charge < -0.3 is 19.3 Å². The molecule has 8 nitrogen and oxygen atoms in total. The van der Waals surface area contributed by atoms with Gasteiger partial charge in [-0.15, -0.1) is 0 Å². The van der Waals surface area contributed by atoms with Gasteiger partial charge in [0.1, 0.15) is 17.6 Å². The zero-order valence-electron chi connectivity index (χ0n) is 22.7. The number of aliphatic carboxylic acids is 1. The lowest BCUT2D eigenvalue weighted by Gasteiger charge is -2.40. The summed E-state index contributed by atoms with van der Waals surface area (Å²) in [5.41, 5.74) is -2.84. The fraction of sp³-hybridized carbons (Fsp3) is 0.345. The quantitative estimate of drug-likeness (QED) is 0.326. The third-order valence-corrected chi connectivity index (χ3v) is 9.49. The molecule has 1 N–H and O–H groups in total. The van der Waals surface area contributed by atoms with Gasteiger partial charge in [-0.2, -0.15) is 13.2 Å². The van der Waals surface area contributed by atoms with Crippen molar-refractivity contribution < 1.29 is 54.5 Å². The number of anilines is 1. The number of hydrogen-bond acceptors (Lipinski definition) is 6. The van der Waals surface area contributed by atoms with Crippen molar-refractivity contribution in [2.45, 2.75) is 36.4 Å². The number of carboxylic acids is 1. The minimum atomic E-state index is -4.82. The number of ether oxygens (including phenoxy) is 3. The maximum Gasteiger partial charge on any atom is 0.416 e. The Hall–Kier alpha value is -3.91. The topological polar surface area (TPSA) is 102 Å². The first-order chi connectivity index (χ1) is 20.2. The number of fused-ring (bicyclic) bond motifs is 1. The van der Waals surface area contributed by atoms with Gasteiger partial charge in [0.05, 0.1) is 35.2 Å². The highest BCUT2D eigenvalue weighted by Gasteiger charge is 2.45. The minimum absolute atomic E-state index is 0.00758. The molecule has 0 unspecified atom stereocenters. The highest BCUT2D eigenvalue weighted by molar-refractivity contribution is 7.92. The molecular weight excluding hydrogens is 601 g/mol. The monoisotopic (exact) mass is 627 g/mol. The van der Waals surface area contributed by atoms with Crippen LogP contribution in [0.25, 0.3) is 11.1 Å². The lowest BCUT2D eigenvalue weighted by molar-refractivity contribution is -0.157. The predicted molar refractivity (Wildman–Crippen MR) is 143 cm³/mol. The van der Waals surface area contributed by atoms with E-state index >= 15 is 0 Å². The maximum atomic E-state index is 14.9. The summed E-state index contributed by atoms with van der Waals surface area (Å²) in [5.74, 6) is -3.60. The fourth-order valence-corrected chi connectivity index (χ4v) is 6.91. The lowest BCUT2D eigenvalue weighted by atomic mass is 9.75. The number of rotatable bonds is 7. The van der Waals surface area contributed by atoms with Crippen molar-refractivity contribution in [3.63, 3.8) is 0 Å². The van der Waals surface area contributed by atoms with Crippen LogP contribution in [0, 0.1) is 17.0 Å². The van der Waals surface area contributed by atoms with Crippen molar-refractivity contribution in [3.05, 3.63) is 71.8 Å². The molecule has 1 fully saturated rings. The third-order valence-electron chi connectivity index (χ3n) is 7.71. The summed E-state index contributed by atoms with van der Waals surface area (Å²) in [7, 11) is -3.46. The Morgan fingerprint density at radius 3 is 2.47 bits per heavy atom. The first-order valence-electron chi connectivity index (χ1n) is 13.1. The van der Waals surface area contributed by atoms with E-state index in [2.05, 4.69) is 0 Å². The van der Waals surface area contributed by atoms with Gasteiger partial charge in [0, 0.05) is 31.3 Å². The van der Waals surface area contributed by atoms with Crippen molar-refractivity contribution in [1.82, 2.24) is 0 Å². The Labute approximate surface area is 243 Å². The Morgan fingerprint density at radius 1 is 1.09 bits per heavy atom. The smallest absolute Gasteiger partial charge is 0.416 e. The zero-order valence-corrected chi connectivity index (χ0v) is 23.5. The Morgan fingerprint density at radius 2 is 1.81 bits per heavy atom. The number of alkyl halides is 3. The van der Waals surface area contributed by atoms with E-state index in [0.717, 1.165) is 28.6 Å². The summed E-state index contributed by atoms with van der Waals surface area (Å²) in [5, 5.41) is 10.1. The van der Waals surface area contributed by atoms with Crippen LogP contribution in [0.5, 0.6) is 11.5 Å². The average molecular weight is 628 g/mol. The second-order valence-corrected chi connectivity index (χ2v) is 12.2. The van der Waals surface area contributed by atoms with Crippen LogP contribution in [-0.2, 0) is 25.7 Å². The number of carboxylic acid groups (broad SMARTS) is 1. The Bertz CT molecular complexity index is 1660. The molecule has 0 aromatic heterocycles. The molecule has 0 radical (unpaired) electrons. The van der Waals surface area contributed by atoms with Gasteiger partial charge in [0.25, 0.3) is 10.0 Å². The number of hydrogen-bond donors (Lipinski definition) is 1. The molecule has 5 rings (SSSR count). The number of sulfonamides is 1. The second kappa shape index (κ2) is 11.3. The number of methoxy groups -OCH3 is 1. The SMILES string of the molecule is COc1cc(F)c(F)c(-c2ccc3c(c2)N(S(=O)(=O)c2cccc(C(F)(F)F)c2)C[C@H](CC2(C(=O)O)CCOCC2)O3)c1. The van der Waals surface area contributed by atoms with Crippen LogP contribution < -0.4 is 13.8 Å². The molecular formula is C29H26F5NO7S. The van der Waals surface area contributed by atoms with Crippen LogP contribution in [0.2, 0.25) is 0 Å². The highest BCUT2D eigenvalue weighted by Crippen LogP contribution is 2.45. The van der Waals surface area contributed by atoms with Crippen molar-refractivity contribution in [1.29, 1.82) is 0 Å². The Balaban J connectivity index is 1.63. The fourth-order valence-electron chi connectivity index (χ4n) is 5.37. The summed E-state index contributed by atoms with van der Waals surface area (Å²) in [6.45, 7) is -0.109. The molecule has 2 aliphatic heterocycles. The molecule has 14 heteroatoms.